The molecule has 1 amide bonds. The lowest BCUT2D eigenvalue weighted by atomic mass is 10.0. The molecule has 0 aliphatic carbocycles. The average molecular weight is 303 g/mol. The first-order valence-corrected chi connectivity index (χ1v) is 6.25. The average Bonchev–Trinajstić information content (AvgIpc) is 2.43. The molecule has 0 heterocycles. The first-order valence-electron chi connectivity index (χ1n) is 6.25. The highest BCUT2D eigenvalue weighted by atomic mass is 19.4. The van der Waals surface area contributed by atoms with Crippen LogP contribution in [0.15, 0.2) is 29.4 Å². The van der Waals surface area contributed by atoms with Crippen LogP contribution in [0.1, 0.15) is 25.3 Å². The number of halogens is 3. The van der Waals surface area contributed by atoms with Gasteiger partial charge in [0.25, 0.3) is 0 Å². The molecule has 116 valence electrons. The number of amides is 1. The number of amidine groups is 1. The zero-order chi connectivity index (χ0) is 16.0. The maximum atomic E-state index is 12.4. The monoisotopic (exact) mass is 303 g/mol. The summed E-state index contributed by atoms with van der Waals surface area (Å²) in [7, 11) is 0. The number of rotatable bonds is 5. The van der Waals surface area contributed by atoms with E-state index in [1.54, 1.807) is 0 Å². The Morgan fingerprint density at radius 1 is 1.38 bits per heavy atom. The van der Waals surface area contributed by atoms with Crippen LogP contribution in [0, 0.1) is 5.92 Å². The van der Waals surface area contributed by atoms with Gasteiger partial charge >= 0.3 is 6.18 Å². The van der Waals surface area contributed by atoms with Crippen molar-refractivity contribution >= 4 is 17.4 Å². The summed E-state index contributed by atoms with van der Waals surface area (Å²) in [4.78, 5) is 12.0. The van der Waals surface area contributed by atoms with Crippen molar-refractivity contribution < 1.29 is 23.2 Å². The Morgan fingerprint density at radius 2 is 1.95 bits per heavy atom. The van der Waals surface area contributed by atoms with Gasteiger partial charge in [-0.3, -0.25) is 4.79 Å². The molecule has 0 aliphatic rings. The summed E-state index contributed by atoms with van der Waals surface area (Å²) in [5, 5.41) is 13.9. The summed E-state index contributed by atoms with van der Waals surface area (Å²) in [6.45, 7) is 1.82. The number of nitrogens with one attached hydrogen (secondary N) is 1. The molecule has 0 spiro atoms. The molecule has 0 fully saturated rings. The number of nitrogens with zero attached hydrogens (tertiary/aromatic N) is 1. The molecule has 0 aromatic heterocycles. The van der Waals surface area contributed by atoms with Gasteiger partial charge in [0.2, 0.25) is 5.91 Å². The standard InChI is InChI=1S/C13H16F3N3O2/c1-2-3-10(11(17)19-21)12(20)18-9-6-4-8(5-7-9)13(14,15)16/h4-7,10,21H,2-3H2,1H3,(H2,17,19)(H,18,20). The van der Waals surface area contributed by atoms with Gasteiger partial charge in [0.15, 0.2) is 5.84 Å². The van der Waals surface area contributed by atoms with Gasteiger partial charge in [-0.15, -0.1) is 0 Å². The molecule has 0 aliphatic heterocycles. The lowest BCUT2D eigenvalue weighted by Gasteiger charge is -2.15. The maximum Gasteiger partial charge on any atom is 0.416 e. The zero-order valence-electron chi connectivity index (χ0n) is 11.3. The number of benzene rings is 1. The first kappa shape index (κ1) is 16.8. The molecule has 0 saturated heterocycles. The second-order valence-corrected chi connectivity index (χ2v) is 4.43. The fourth-order valence-corrected chi connectivity index (χ4v) is 1.74. The normalized spacial score (nSPS) is 13.8. The van der Waals surface area contributed by atoms with Gasteiger partial charge in [-0.05, 0) is 30.7 Å². The number of carbonyl (C=O) groups excluding carboxylic acids is 1. The fourth-order valence-electron chi connectivity index (χ4n) is 1.74. The van der Waals surface area contributed by atoms with Crippen LogP contribution in [0.4, 0.5) is 18.9 Å². The molecular weight excluding hydrogens is 287 g/mol. The number of hydrogen-bond acceptors (Lipinski definition) is 3. The van der Waals surface area contributed by atoms with E-state index in [9.17, 15) is 18.0 Å². The van der Waals surface area contributed by atoms with E-state index >= 15 is 0 Å². The summed E-state index contributed by atoms with van der Waals surface area (Å²) >= 11 is 0. The summed E-state index contributed by atoms with van der Waals surface area (Å²) in [5.74, 6) is -1.60. The van der Waals surface area contributed by atoms with E-state index in [-0.39, 0.29) is 11.5 Å². The van der Waals surface area contributed by atoms with Crippen molar-refractivity contribution in [3.05, 3.63) is 29.8 Å². The van der Waals surface area contributed by atoms with Gasteiger partial charge in [-0.25, -0.2) is 0 Å². The van der Waals surface area contributed by atoms with Crippen LogP contribution in [0.3, 0.4) is 0 Å². The van der Waals surface area contributed by atoms with E-state index in [0.717, 1.165) is 24.3 Å². The Bertz CT molecular complexity index is 512. The SMILES string of the molecule is CCCC(C(=O)Nc1ccc(C(F)(F)F)cc1)C(N)=NO. The van der Waals surface area contributed by atoms with Gasteiger partial charge in [0.1, 0.15) is 0 Å². The lowest BCUT2D eigenvalue weighted by molar-refractivity contribution is -0.137. The molecule has 1 atom stereocenters. The third-order valence-electron chi connectivity index (χ3n) is 2.85. The Hall–Kier alpha value is -2.25. The molecule has 21 heavy (non-hydrogen) atoms. The second-order valence-electron chi connectivity index (χ2n) is 4.43. The number of hydrogen-bond donors (Lipinski definition) is 3. The van der Waals surface area contributed by atoms with Crippen LogP contribution in [-0.4, -0.2) is 17.0 Å². The molecule has 1 unspecified atom stereocenters. The van der Waals surface area contributed by atoms with E-state index in [2.05, 4.69) is 10.5 Å². The predicted octanol–water partition coefficient (Wildman–Crippen LogP) is 2.81. The molecule has 0 bridgehead atoms. The molecule has 5 nitrogen and oxygen atoms in total. The van der Waals surface area contributed by atoms with Gasteiger partial charge in [-0.2, -0.15) is 13.2 Å². The quantitative estimate of drug-likeness (QED) is 0.338. The van der Waals surface area contributed by atoms with Gasteiger partial charge in [0, 0.05) is 5.69 Å². The van der Waals surface area contributed by atoms with Crippen LogP contribution < -0.4 is 11.1 Å². The van der Waals surface area contributed by atoms with Crippen molar-refractivity contribution in [2.24, 2.45) is 16.8 Å². The minimum absolute atomic E-state index is 0.208. The highest BCUT2D eigenvalue weighted by Crippen LogP contribution is 2.29. The highest BCUT2D eigenvalue weighted by Gasteiger charge is 2.30. The largest absolute Gasteiger partial charge is 0.416 e. The lowest BCUT2D eigenvalue weighted by Crippen LogP contribution is -2.34. The molecule has 1 rings (SSSR count). The van der Waals surface area contributed by atoms with Crippen LogP contribution in [0.2, 0.25) is 0 Å². The van der Waals surface area contributed by atoms with Crippen molar-refractivity contribution in [2.45, 2.75) is 25.9 Å². The third-order valence-corrected chi connectivity index (χ3v) is 2.85. The fraction of sp³-hybridized carbons (Fsp3) is 0.385. The number of alkyl halides is 3. The Kier molecular flexibility index (Phi) is 5.57. The number of nitrogens with two attached hydrogens (primary N) is 1. The molecule has 0 saturated carbocycles. The van der Waals surface area contributed by atoms with E-state index in [1.165, 1.54) is 0 Å². The third kappa shape index (κ3) is 4.66. The molecule has 8 heteroatoms. The summed E-state index contributed by atoms with van der Waals surface area (Å²) in [6, 6.07) is 4.04. The maximum absolute atomic E-state index is 12.4. The smallest absolute Gasteiger partial charge is 0.409 e. The minimum Gasteiger partial charge on any atom is -0.409 e. The van der Waals surface area contributed by atoms with Crippen LogP contribution in [-0.2, 0) is 11.0 Å². The second kappa shape index (κ2) is 6.96. The van der Waals surface area contributed by atoms with Crippen molar-refractivity contribution in [1.29, 1.82) is 0 Å². The van der Waals surface area contributed by atoms with Crippen molar-refractivity contribution in [3.63, 3.8) is 0 Å². The van der Waals surface area contributed by atoms with Gasteiger partial charge in [0.05, 0.1) is 11.5 Å². The minimum atomic E-state index is -4.43. The number of oxime groups is 1. The molecule has 0 radical (unpaired) electrons. The van der Waals surface area contributed by atoms with E-state index < -0.39 is 23.6 Å². The van der Waals surface area contributed by atoms with Gasteiger partial charge < -0.3 is 16.3 Å². The summed E-state index contributed by atoms with van der Waals surface area (Å²) < 4.78 is 37.2. The van der Waals surface area contributed by atoms with Crippen LogP contribution >= 0.6 is 0 Å². The van der Waals surface area contributed by atoms with Crippen molar-refractivity contribution in [2.75, 3.05) is 5.32 Å². The molecule has 1 aromatic rings. The topological polar surface area (TPSA) is 87.7 Å². The summed E-state index contributed by atoms with van der Waals surface area (Å²) in [6.07, 6.45) is -3.44. The zero-order valence-corrected chi connectivity index (χ0v) is 11.3. The van der Waals surface area contributed by atoms with Gasteiger partial charge in [-0.1, -0.05) is 18.5 Å². The predicted molar refractivity (Wildman–Crippen MR) is 71.9 cm³/mol. The molecule has 4 N–H and O–H groups in total. The van der Waals surface area contributed by atoms with E-state index in [4.69, 9.17) is 10.9 Å². The number of carbonyl (C=O) groups is 1. The van der Waals surface area contributed by atoms with Crippen LogP contribution in [0.5, 0.6) is 0 Å². The highest BCUT2D eigenvalue weighted by molar-refractivity contribution is 6.07. The van der Waals surface area contributed by atoms with Crippen molar-refractivity contribution in [1.82, 2.24) is 0 Å². The molecular formula is C13H16F3N3O2. The Labute approximate surface area is 119 Å². The Morgan fingerprint density at radius 3 is 2.38 bits per heavy atom. The molecule has 1 aromatic carbocycles. The Balaban J connectivity index is 2.82. The number of anilines is 1. The van der Waals surface area contributed by atoms with Crippen molar-refractivity contribution in [3.8, 4) is 0 Å². The summed E-state index contributed by atoms with van der Waals surface area (Å²) in [5.41, 5.74) is 4.83. The van der Waals surface area contributed by atoms with E-state index in [1.807, 2.05) is 6.92 Å². The first-order chi connectivity index (χ1) is 9.79. The van der Waals surface area contributed by atoms with Crippen LogP contribution in [0.25, 0.3) is 0 Å². The van der Waals surface area contributed by atoms with E-state index in [0.29, 0.717) is 12.8 Å².